The highest BCUT2D eigenvalue weighted by Crippen LogP contribution is 2.32. The second-order valence-electron chi connectivity index (χ2n) is 9.57. The molecule has 2 heterocycles. The van der Waals surface area contributed by atoms with E-state index in [-0.39, 0.29) is 23.6 Å². The first-order valence-electron chi connectivity index (χ1n) is 12.8. The minimum atomic E-state index is -0.844. The Morgan fingerprint density at radius 1 is 1.00 bits per heavy atom. The zero-order valence-electron chi connectivity index (χ0n) is 20.7. The molecule has 1 aliphatic heterocycles. The normalized spacial score (nSPS) is 17.1. The van der Waals surface area contributed by atoms with Gasteiger partial charge in [0.15, 0.2) is 5.76 Å². The van der Waals surface area contributed by atoms with E-state index in [1.807, 2.05) is 55.5 Å². The molecule has 1 unspecified atom stereocenters. The van der Waals surface area contributed by atoms with E-state index in [0.29, 0.717) is 18.9 Å². The van der Waals surface area contributed by atoms with Crippen molar-refractivity contribution in [2.75, 3.05) is 36.1 Å². The van der Waals surface area contributed by atoms with Crippen LogP contribution >= 0.6 is 0 Å². The summed E-state index contributed by atoms with van der Waals surface area (Å²) in [7, 11) is 0. The Bertz CT molecular complexity index is 1160. The summed E-state index contributed by atoms with van der Waals surface area (Å²) in [6, 6.07) is 18.3. The highest BCUT2D eigenvalue weighted by Gasteiger charge is 2.36. The molecule has 3 aromatic rings. The zero-order chi connectivity index (χ0) is 24.9. The van der Waals surface area contributed by atoms with Crippen molar-refractivity contribution in [3.8, 4) is 0 Å². The number of amides is 2. The molecule has 5 rings (SSSR count). The Morgan fingerprint density at radius 3 is 2.42 bits per heavy atom. The topological polar surface area (TPSA) is 75.0 Å². The van der Waals surface area contributed by atoms with Crippen LogP contribution in [0.1, 0.15) is 53.4 Å². The Balaban J connectivity index is 1.55. The predicted octanol–water partition coefficient (Wildman–Crippen LogP) is 4.87. The van der Waals surface area contributed by atoms with Gasteiger partial charge in [-0.3, -0.25) is 14.5 Å². The fraction of sp³-hybridized carbons (Fsp3) is 0.379. The van der Waals surface area contributed by atoms with Crippen LogP contribution in [-0.4, -0.2) is 44.2 Å². The first-order chi connectivity index (χ1) is 17.6. The third-order valence-electron chi connectivity index (χ3n) is 7.02. The van der Waals surface area contributed by atoms with Gasteiger partial charge in [0.1, 0.15) is 6.04 Å². The fourth-order valence-corrected chi connectivity index (χ4v) is 5.14. The first-order valence-corrected chi connectivity index (χ1v) is 12.8. The van der Waals surface area contributed by atoms with Gasteiger partial charge in [-0.2, -0.15) is 0 Å². The van der Waals surface area contributed by atoms with E-state index >= 15 is 0 Å². The van der Waals surface area contributed by atoms with Crippen LogP contribution in [0.5, 0.6) is 0 Å². The molecule has 7 heteroatoms. The standard InChI is InChI=1S/C29H33N3O4/c1-21-6-4-9-25(20-21)32(29(34)26-10-5-17-36-26)27(28(33)30-23-7-2-3-8-23)22-11-13-24(14-12-22)31-15-18-35-19-16-31/h4-6,9-14,17,20,23,27H,2-3,7-8,15-16,18-19H2,1H3,(H,30,33). The van der Waals surface area contributed by atoms with Crippen LogP contribution in [0, 0.1) is 6.92 Å². The quantitative estimate of drug-likeness (QED) is 0.515. The molecule has 0 bridgehead atoms. The number of nitrogens with one attached hydrogen (secondary N) is 1. The van der Waals surface area contributed by atoms with Crippen LogP contribution < -0.4 is 15.1 Å². The van der Waals surface area contributed by atoms with Crippen molar-refractivity contribution < 1.29 is 18.7 Å². The summed E-state index contributed by atoms with van der Waals surface area (Å²) in [5.41, 5.74) is 3.49. The third kappa shape index (κ3) is 5.31. The van der Waals surface area contributed by atoms with Crippen LogP contribution in [0.4, 0.5) is 11.4 Å². The Morgan fingerprint density at radius 2 is 1.75 bits per heavy atom. The first kappa shape index (κ1) is 24.1. The second kappa shape index (κ2) is 11.0. The van der Waals surface area contributed by atoms with Crippen molar-refractivity contribution in [2.24, 2.45) is 0 Å². The van der Waals surface area contributed by atoms with Gasteiger partial charge >= 0.3 is 0 Å². The van der Waals surface area contributed by atoms with Crippen molar-refractivity contribution >= 4 is 23.2 Å². The molecule has 36 heavy (non-hydrogen) atoms. The number of ether oxygens (including phenoxy) is 1. The molecule has 7 nitrogen and oxygen atoms in total. The molecule has 2 amide bonds. The van der Waals surface area contributed by atoms with E-state index < -0.39 is 6.04 Å². The fourth-order valence-electron chi connectivity index (χ4n) is 5.14. The summed E-state index contributed by atoms with van der Waals surface area (Å²) in [6.07, 6.45) is 5.62. The number of nitrogens with zero attached hydrogens (tertiary/aromatic N) is 2. The number of hydrogen-bond donors (Lipinski definition) is 1. The number of rotatable bonds is 7. The van der Waals surface area contributed by atoms with E-state index in [0.717, 1.165) is 55.6 Å². The monoisotopic (exact) mass is 487 g/mol. The van der Waals surface area contributed by atoms with Crippen LogP contribution in [0.25, 0.3) is 0 Å². The zero-order valence-corrected chi connectivity index (χ0v) is 20.7. The van der Waals surface area contributed by atoms with Gasteiger partial charge in [0, 0.05) is 30.5 Å². The number of carbonyl (C=O) groups is 2. The summed E-state index contributed by atoms with van der Waals surface area (Å²) < 4.78 is 11.0. The van der Waals surface area contributed by atoms with E-state index in [9.17, 15) is 9.59 Å². The van der Waals surface area contributed by atoms with E-state index in [2.05, 4.69) is 10.2 Å². The molecule has 1 saturated heterocycles. The minimum absolute atomic E-state index is 0.130. The number of morpholine rings is 1. The highest BCUT2D eigenvalue weighted by molar-refractivity contribution is 6.08. The molecule has 2 aromatic carbocycles. The van der Waals surface area contributed by atoms with Crippen molar-refractivity contribution in [3.63, 3.8) is 0 Å². The number of anilines is 2. The Kier molecular flexibility index (Phi) is 7.37. The molecule has 1 aliphatic carbocycles. The van der Waals surface area contributed by atoms with Crippen LogP contribution in [0.15, 0.2) is 71.3 Å². The number of carbonyl (C=O) groups excluding carboxylic acids is 2. The molecule has 0 radical (unpaired) electrons. The molecular weight excluding hydrogens is 454 g/mol. The van der Waals surface area contributed by atoms with Crippen LogP contribution in [0.2, 0.25) is 0 Å². The highest BCUT2D eigenvalue weighted by atomic mass is 16.5. The molecule has 1 aromatic heterocycles. The van der Waals surface area contributed by atoms with E-state index in [1.165, 1.54) is 6.26 Å². The molecule has 188 valence electrons. The lowest BCUT2D eigenvalue weighted by Crippen LogP contribution is -2.46. The Labute approximate surface area is 212 Å². The summed E-state index contributed by atoms with van der Waals surface area (Å²) in [6.45, 7) is 5.04. The van der Waals surface area contributed by atoms with Crippen molar-refractivity contribution in [1.29, 1.82) is 0 Å². The van der Waals surface area contributed by atoms with Gasteiger partial charge < -0.3 is 19.4 Å². The SMILES string of the molecule is Cc1cccc(N(C(=O)c2ccco2)C(C(=O)NC2CCCC2)c2ccc(N3CCOCC3)cc2)c1. The van der Waals surface area contributed by atoms with Gasteiger partial charge in [-0.05, 0) is 67.3 Å². The molecule has 2 fully saturated rings. The van der Waals surface area contributed by atoms with Gasteiger partial charge in [0.2, 0.25) is 5.91 Å². The lowest BCUT2D eigenvalue weighted by atomic mass is 10.0. The van der Waals surface area contributed by atoms with Gasteiger partial charge in [-0.1, -0.05) is 37.1 Å². The van der Waals surface area contributed by atoms with E-state index in [1.54, 1.807) is 17.0 Å². The molecule has 1 atom stereocenters. The van der Waals surface area contributed by atoms with Gasteiger partial charge in [-0.25, -0.2) is 0 Å². The third-order valence-corrected chi connectivity index (χ3v) is 7.02. The number of hydrogen-bond acceptors (Lipinski definition) is 5. The summed E-state index contributed by atoms with van der Waals surface area (Å²) in [4.78, 5) is 31.6. The summed E-state index contributed by atoms with van der Waals surface area (Å²) >= 11 is 0. The average molecular weight is 488 g/mol. The smallest absolute Gasteiger partial charge is 0.294 e. The van der Waals surface area contributed by atoms with Crippen molar-refractivity contribution in [2.45, 2.75) is 44.7 Å². The molecule has 1 saturated carbocycles. The van der Waals surface area contributed by atoms with Crippen LogP contribution in [0.3, 0.4) is 0 Å². The molecule has 1 N–H and O–H groups in total. The molecular formula is C29H33N3O4. The Hall–Kier alpha value is -3.58. The maximum Gasteiger partial charge on any atom is 0.294 e. The van der Waals surface area contributed by atoms with Gasteiger partial charge in [-0.15, -0.1) is 0 Å². The van der Waals surface area contributed by atoms with Gasteiger partial charge in [0.05, 0.1) is 19.5 Å². The maximum absolute atomic E-state index is 13.9. The maximum atomic E-state index is 13.9. The minimum Gasteiger partial charge on any atom is -0.459 e. The lowest BCUT2D eigenvalue weighted by Gasteiger charge is -2.33. The molecule has 0 spiro atoms. The van der Waals surface area contributed by atoms with E-state index in [4.69, 9.17) is 9.15 Å². The van der Waals surface area contributed by atoms with Crippen molar-refractivity contribution in [1.82, 2.24) is 5.32 Å². The molecule has 2 aliphatic rings. The largest absolute Gasteiger partial charge is 0.459 e. The predicted molar refractivity (Wildman–Crippen MR) is 139 cm³/mol. The average Bonchev–Trinajstić information content (AvgIpc) is 3.62. The number of benzene rings is 2. The summed E-state index contributed by atoms with van der Waals surface area (Å²) in [5, 5.41) is 3.23. The lowest BCUT2D eigenvalue weighted by molar-refractivity contribution is -0.123. The summed E-state index contributed by atoms with van der Waals surface area (Å²) in [5.74, 6) is -0.336. The number of furan rings is 1. The van der Waals surface area contributed by atoms with Crippen molar-refractivity contribution in [3.05, 3.63) is 83.8 Å². The van der Waals surface area contributed by atoms with Crippen LogP contribution in [-0.2, 0) is 9.53 Å². The second-order valence-corrected chi connectivity index (χ2v) is 9.57. The van der Waals surface area contributed by atoms with Gasteiger partial charge in [0.25, 0.3) is 5.91 Å². The number of aryl methyl sites for hydroxylation is 1.